The molecule has 1 aromatic rings. The largest absolute Gasteiger partial charge is 0.381 e. The molecule has 3 heterocycles. The molecule has 6 heteroatoms. The zero-order valence-corrected chi connectivity index (χ0v) is 15.6. The van der Waals surface area contributed by atoms with Gasteiger partial charge in [0.05, 0.1) is 5.41 Å². The maximum absolute atomic E-state index is 13.0. The summed E-state index contributed by atoms with van der Waals surface area (Å²) < 4.78 is 5.45. The summed E-state index contributed by atoms with van der Waals surface area (Å²) in [5.41, 5.74) is 1.82. The van der Waals surface area contributed by atoms with Crippen molar-refractivity contribution in [1.29, 1.82) is 0 Å². The number of nitrogens with zero attached hydrogens (tertiary/aromatic N) is 2. The number of hydrogen-bond acceptors (Lipinski definition) is 4. The highest BCUT2D eigenvalue weighted by molar-refractivity contribution is 6.07. The van der Waals surface area contributed by atoms with Gasteiger partial charge in [-0.1, -0.05) is 0 Å². The van der Waals surface area contributed by atoms with Gasteiger partial charge in [-0.2, -0.15) is 0 Å². The minimum absolute atomic E-state index is 0.0119. The topological polar surface area (TPSA) is 61.9 Å². The van der Waals surface area contributed by atoms with Crippen molar-refractivity contribution in [3.63, 3.8) is 0 Å². The van der Waals surface area contributed by atoms with E-state index in [4.69, 9.17) is 4.74 Å². The minimum Gasteiger partial charge on any atom is -0.381 e. The van der Waals surface area contributed by atoms with E-state index in [1.165, 1.54) is 0 Å². The lowest BCUT2D eigenvalue weighted by molar-refractivity contribution is -0.119. The van der Waals surface area contributed by atoms with E-state index >= 15 is 0 Å². The zero-order chi connectivity index (χ0) is 18.3. The SMILES string of the molecule is CC1(C)C(=O)Nc2ccc(C(=O)N3CCN(C4CCOCC4)CC3)cc21. The van der Waals surface area contributed by atoms with Crippen molar-refractivity contribution in [3.8, 4) is 0 Å². The van der Waals surface area contributed by atoms with Crippen LogP contribution < -0.4 is 5.32 Å². The molecule has 0 aliphatic carbocycles. The molecule has 140 valence electrons. The third-order valence-corrected chi connectivity index (χ3v) is 6.06. The Kier molecular flexibility index (Phi) is 4.49. The van der Waals surface area contributed by atoms with Gasteiger partial charge in [0, 0.05) is 56.7 Å². The molecule has 2 amide bonds. The van der Waals surface area contributed by atoms with Gasteiger partial charge in [0.15, 0.2) is 0 Å². The highest BCUT2D eigenvalue weighted by atomic mass is 16.5. The fourth-order valence-electron chi connectivity index (χ4n) is 4.23. The molecule has 0 bridgehead atoms. The molecule has 2 saturated heterocycles. The molecule has 2 fully saturated rings. The lowest BCUT2D eigenvalue weighted by Gasteiger charge is -2.40. The van der Waals surface area contributed by atoms with Gasteiger partial charge in [0.25, 0.3) is 5.91 Å². The number of anilines is 1. The van der Waals surface area contributed by atoms with E-state index in [0.717, 1.165) is 63.5 Å². The van der Waals surface area contributed by atoms with Crippen LogP contribution >= 0.6 is 0 Å². The maximum Gasteiger partial charge on any atom is 0.253 e. The van der Waals surface area contributed by atoms with Crippen LogP contribution in [0.2, 0.25) is 0 Å². The number of fused-ring (bicyclic) bond motifs is 1. The first kappa shape index (κ1) is 17.5. The van der Waals surface area contributed by atoms with Crippen molar-refractivity contribution < 1.29 is 14.3 Å². The summed E-state index contributed by atoms with van der Waals surface area (Å²) in [5, 5.41) is 2.89. The summed E-state index contributed by atoms with van der Waals surface area (Å²) in [6.45, 7) is 8.86. The Morgan fingerprint density at radius 1 is 1.15 bits per heavy atom. The Morgan fingerprint density at radius 2 is 1.85 bits per heavy atom. The number of ether oxygens (including phenoxy) is 1. The predicted octanol–water partition coefficient (Wildman–Crippen LogP) is 1.85. The van der Waals surface area contributed by atoms with Crippen LogP contribution in [0, 0.1) is 0 Å². The lowest BCUT2D eigenvalue weighted by atomic mass is 9.85. The van der Waals surface area contributed by atoms with Crippen LogP contribution in [0.1, 0.15) is 42.6 Å². The standard InChI is InChI=1S/C20H27N3O3/c1-20(2)16-13-14(3-4-17(16)21-19(20)25)18(24)23-9-7-22(8-10-23)15-5-11-26-12-6-15/h3-4,13,15H,5-12H2,1-2H3,(H,21,25). The molecular formula is C20H27N3O3. The predicted molar refractivity (Wildman–Crippen MR) is 99.4 cm³/mol. The summed E-state index contributed by atoms with van der Waals surface area (Å²) in [6, 6.07) is 6.17. The van der Waals surface area contributed by atoms with Crippen molar-refractivity contribution in [2.24, 2.45) is 0 Å². The van der Waals surface area contributed by atoms with Gasteiger partial charge in [0.2, 0.25) is 5.91 Å². The molecule has 6 nitrogen and oxygen atoms in total. The number of rotatable bonds is 2. The number of benzene rings is 1. The fourth-order valence-corrected chi connectivity index (χ4v) is 4.23. The second-order valence-electron chi connectivity index (χ2n) is 8.01. The first-order valence-corrected chi connectivity index (χ1v) is 9.54. The molecule has 1 aromatic carbocycles. The molecule has 26 heavy (non-hydrogen) atoms. The van der Waals surface area contributed by atoms with Crippen LogP contribution in [0.15, 0.2) is 18.2 Å². The molecule has 3 aliphatic heterocycles. The van der Waals surface area contributed by atoms with Crippen LogP contribution in [0.5, 0.6) is 0 Å². The molecule has 3 aliphatic rings. The number of carbonyl (C=O) groups excluding carboxylic acids is 2. The van der Waals surface area contributed by atoms with E-state index in [-0.39, 0.29) is 11.8 Å². The molecule has 0 radical (unpaired) electrons. The van der Waals surface area contributed by atoms with Crippen LogP contribution in [0.25, 0.3) is 0 Å². The van der Waals surface area contributed by atoms with Gasteiger partial charge in [-0.3, -0.25) is 14.5 Å². The number of carbonyl (C=O) groups is 2. The smallest absolute Gasteiger partial charge is 0.253 e. The normalized spacial score (nSPS) is 23.6. The monoisotopic (exact) mass is 357 g/mol. The van der Waals surface area contributed by atoms with Crippen molar-refractivity contribution in [1.82, 2.24) is 9.80 Å². The molecule has 0 spiro atoms. The summed E-state index contributed by atoms with van der Waals surface area (Å²) in [7, 11) is 0. The molecule has 0 aromatic heterocycles. The van der Waals surface area contributed by atoms with Crippen molar-refractivity contribution in [2.45, 2.75) is 38.1 Å². The highest BCUT2D eigenvalue weighted by Crippen LogP contribution is 2.37. The van der Waals surface area contributed by atoms with Gasteiger partial charge < -0.3 is 15.0 Å². The van der Waals surface area contributed by atoms with E-state index in [1.807, 2.05) is 36.9 Å². The van der Waals surface area contributed by atoms with Crippen LogP contribution in [-0.2, 0) is 14.9 Å². The average molecular weight is 357 g/mol. The van der Waals surface area contributed by atoms with Crippen LogP contribution in [-0.4, -0.2) is 67.0 Å². The van der Waals surface area contributed by atoms with Gasteiger partial charge in [-0.25, -0.2) is 0 Å². The molecule has 0 saturated carbocycles. The van der Waals surface area contributed by atoms with E-state index in [0.29, 0.717) is 11.6 Å². The summed E-state index contributed by atoms with van der Waals surface area (Å²) in [4.78, 5) is 29.5. The van der Waals surface area contributed by atoms with E-state index in [2.05, 4.69) is 10.2 Å². The summed E-state index contributed by atoms with van der Waals surface area (Å²) >= 11 is 0. The summed E-state index contributed by atoms with van der Waals surface area (Å²) in [6.07, 6.45) is 2.18. The molecule has 1 N–H and O–H groups in total. The first-order chi connectivity index (χ1) is 12.5. The molecule has 4 rings (SSSR count). The van der Waals surface area contributed by atoms with E-state index in [9.17, 15) is 9.59 Å². The Bertz CT molecular complexity index is 717. The third kappa shape index (κ3) is 3.01. The Hall–Kier alpha value is -1.92. The second-order valence-corrected chi connectivity index (χ2v) is 8.01. The summed E-state index contributed by atoms with van der Waals surface area (Å²) in [5.74, 6) is 0.0525. The van der Waals surface area contributed by atoms with Gasteiger partial charge in [0.1, 0.15) is 0 Å². The minimum atomic E-state index is -0.590. The average Bonchev–Trinajstić information content (AvgIpc) is 2.90. The highest BCUT2D eigenvalue weighted by Gasteiger charge is 2.39. The number of nitrogens with one attached hydrogen (secondary N) is 1. The second kappa shape index (κ2) is 6.67. The van der Waals surface area contributed by atoms with Gasteiger partial charge in [-0.15, -0.1) is 0 Å². The zero-order valence-electron chi connectivity index (χ0n) is 15.6. The number of amides is 2. The van der Waals surface area contributed by atoms with E-state index < -0.39 is 5.41 Å². The van der Waals surface area contributed by atoms with E-state index in [1.54, 1.807) is 0 Å². The Labute approximate surface area is 154 Å². The molecule has 0 unspecified atom stereocenters. The van der Waals surface area contributed by atoms with Crippen molar-refractivity contribution >= 4 is 17.5 Å². The van der Waals surface area contributed by atoms with Crippen molar-refractivity contribution in [2.75, 3.05) is 44.7 Å². The number of hydrogen-bond donors (Lipinski definition) is 1. The maximum atomic E-state index is 13.0. The fraction of sp³-hybridized carbons (Fsp3) is 0.600. The van der Waals surface area contributed by atoms with Crippen LogP contribution in [0.4, 0.5) is 5.69 Å². The van der Waals surface area contributed by atoms with Crippen molar-refractivity contribution in [3.05, 3.63) is 29.3 Å². The van der Waals surface area contributed by atoms with Crippen LogP contribution in [0.3, 0.4) is 0 Å². The number of piperazine rings is 1. The Morgan fingerprint density at radius 3 is 2.54 bits per heavy atom. The Balaban J connectivity index is 1.43. The molecule has 0 atom stereocenters. The molecular weight excluding hydrogens is 330 g/mol. The lowest BCUT2D eigenvalue weighted by Crippen LogP contribution is -2.53. The first-order valence-electron chi connectivity index (χ1n) is 9.54. The van der Waals surface area contributed by atoms with Gasteiger partial charge in [-0.05, 0) is 50.5 Å². The van der Waals surface area contributed by atoms with Gasteiger partial charge >= 0.3 is 0 Å². The quantitative estimate of drug-likeness (QED) is 0.878. The third-order valence-electron chi connectivity index (χ3n) is 6.06.